The summed E-state index contributed by atoms with van der Waals surface area (Å²) < 4.78 is 5.26. The van der Waals surface area contributed by atoms with E-state index in [1.54, 1.807) is 0 Å². The first kappa shape index (κ1) is 29.1. The number of carbonyl (C=O) groups excluding carboxylic acids is 4. The number of carbonyl (C=O) groups is 4. The number of nitrogens with one attached hydrogen (secondary N) is 3. The maximum Gasteiger partial charge on any atom is 0.408 e. The Morgan fingerprint density at radius 2 is 1.26 bits per heavy atom. The van der Waals surface area contributed by atoms with Crippen LogP contribution in [0.3, 0.4) is 0 Å². The third-order valence-corrected chi connectivity index (χ3v) is 5.09. The van der Waals surface area contributed by atoms with Crippen molar-refractivity contribution in [3.05, 3.63) is 35.9 Å². The summed E-state index contributed by atoms with van der Waals surface area (Å²) in [5, 5.41) is 8.15. The van der Waals surface area contributed by atoms with Crippen molar-refractivity contribution in [3.63, 3.8) is 0 Å². The predicted molar refractivity (Wildman–Crippen MR) is 132 cm³/mol. The lowest BCUT2D eigenvalue weighted by molar-refractivity contribution is -0.131. The Morgan fingerprint density at radius 1 is 0.765 bits per heavy atom. The van der Waals surface area contributed by atoms with Crippen LogP contribution in [0.25, 0.3) is 0 Å². The Labute approximate surface area is 203 Å². The highest BCUT2D eigenvalue weighted by atomic mass is 16.5. The molecule has 8 heteroatoms. The summed E-state index contributed by atoms with van der Waals surface area (Å²) in [6, 6.07) is 6.96. The van der Waals surface area contributed by atoms with Crippen LogP contribution < -0.4 is 16.0 Å². The van der Waals surface area contributed by atoms with Crippen molar-refractivity contribution < 1.29 is 23.9 Å². The van der Waals surface area contributed by atoms with Crippen LogP contribution in [0.4, 0.5) is 4.79 Å². The second kappa shape index (κ2) is 15.1. The van der Waals surface area contributed by atoms with Crippen LogP contribution in [-0.4, -0.2) is 42.3 Å². The zero-order valence-corrected chi connectivity index (χ0v) is 21.3. The van der Waals surface area contributed by atoms with Crippen LogP contribution in [0.1, 0.15) is 66.4 Å². The molecule has 1 aromatic carbocycles. The van der Waals surface area contributed by atoms with Gasteiger partial charge in [-0.25, -0.2) is 4.79 Å². The molecule has 1 unspecified atom stereocenters. The van der Waals surface area contributed by atoms with E-state index in [0.29, 0.717) is 19.3 Å². The van der Waals surface area contributed by atoms with Crippen molar-refractivity contribution in [3.8, 4) is 0 Å². The average Bonchev–Trinajstić information content (AvgIpc) is 2.76. The molecule has 3 N–H and O–H groups in total. The van der Waals surface area contributed by atoms with Crippen molar-refractivity contribution in [1.29, 1.82) is 0 Å². The van der Waals surface area contributed by atoms with Crippen LogP contribution in [0.15, 0.2) is 30.3 Å². The number of ether oxygens (including phenoxy) is 1. The van der Waals surface area contributed by atoms with Gasteiger partial charge in [0.25, 0.3) is 0 Å². The van der Waals surface area contributed by atoms with E-state index in [4.69, 9.17) is 4.74 Å². The van der Waals surface area contributed by atoms with E-state index in [2.05, 4.69) is 16.0 Å². The van der Waals surface area contributed by atoms with Crippen LogP contribution in [0.2, 0.25) is 0 Å². The van der Waals surface area contributed by atoms with Gasteiger partial charge in [0.15, 0.2) is 0 Å². The highest BCUT2D eigenvalue weighted by Crippen LogP contribution is 2.11. The van der Waals surface area contributed by atoms with Crippen LogP contribution in [-0.2, 0) is 25.7 Å². The molecule has 8 nitrogen and oxygen atoms in total. The fraction of sp³-hybridized carbons (Fsp3) is 0.615. The molecule has 0 aromatic heterocycles. The number of alkyl carbamates (subject to hydrolysis) is 1. The number of rotatable bonds is 14. The Morgan fingerprint density at radius 3 is 1.76 bits per heavy atom. The van der Waals surface area contributed by atoms with Crippen molar-refractivity contribution in [2.45, 2.75) is 85.5 Å². The smallest absolute Gasteiger partial charge is 0.408 e. The molecule has 34 heavy (non-hydrogen) atoms. The quantitative estimate of drug-likeness (QED) is 0.356. The van der Waals surface area contributed by atoms with Crippen LogP contribution in [0, 0.1) is 17.8 Å². The normalized spacial score (nSPS) is 13.8. The van der Waals surface area contributed by atoms with Gasteiger partial charge in [-0.2, -0.15) is 0 Å². The second-order valence-electron chi connectivity index (χ2n) is 9.96. The highest BCUT2D eigenvalue weighted by Gasteiger charge is 2.29. The molecule has 3 atom stereocenters. The van der Waals surface area contributed by atoms with Gasteiger partial charge in [0.2, 0.25) is 11.8 Å². The first-order valence-electron chi connectivity index (χ1n) is 12.0. The zero-order valence-electron chi connectivity index (χ0n) is 21.3. The van der Waals surface area contributed by atoms with Crippen molar-refractivity contribution in [2.75, 3.05) is 0 Å². The van der Waals surface area contributed by atoms with Gasteiger partial charge in [-0.1, -0.05) is 71.9 Å². The molecule has 0 aliphatic carbocycles. The van der Waals surface area contributed by atoms with Gasteiger partial charge < -0.3 is 25.5 Å². The molecule has 0 radical (unpaired) electrons. The Hall–Kier alpha value is -2.90. The molecule has 190 valence electrons. The fourth-order valence-corrected chi connectivity index (χ4v) is 3.52. The first-order valence-corrected chi connectivity index (χ1v) is 12.0. The summed E-state index contributed by atoms with van der Waals surface area (Å²) in [6.07, 6.45) is 1.32. The summed E-state index contributed by atoms with van der Waals surface area (Å²) in [5.74, 6) is -0.390. The fourth-order valence-electron chi connectivity index (χ4n) is 3.52. The van der Waals surface area contributed by atoms with E-state index in [0.717, 1.165) is 11.8 Å². The lowest BCUT2D eigenvalue weighted by Crippen LogP contribution is -2.55. The van der Waals surface area contributed by atoms with E-state index in [-0.39, 0.29) is 24.4 Å². The van der Waals surface area contributed by atoms with Gasteiger partial charge in [0, 0.05) is 0 Å². The van der Waals surface area contributed by atoms with Crippen molar-refractivity contribution in [1.82, 2.24) is 16.0 Å². The maximum absolute atomic E-state index is 13.1. The van der Waals surface area contributed by atoms with E-state index >= 15 is 0 Å². The molecule has 0 saturated carbocycles. The Balaban J connectivity index is 2.84. The number of aldehydes is 1. The van der Waals surface area contributed by atoms with Gasteiger partial charge in [0.05, 0.1) is 6.04 Å². The largest absolute Gasteiger partial charge is 0.445 e. The van der Waals surface area contributed by atoms with Crippen molar-refractivity contribution in [2.24, 2.45) is 17.8 Å². The standard InChI is InChI=1S/C26H41N3O5/c1-17(2)12-21(15-30)27-24(31)22(13-18(3)4)28-25(32)23(14-19(5)6)29-26(33)34-16-20-10-8-7-9-11-20/h7-11,15,17-19,21-23H,12-14,16H2,1-6H3,(H,27,31)(H,28,32)(H,29,33)/t21-,22+,23?/m0/s1. The molecule has 0 heterocycles. The van der Waals surface area contributed by atoms with Gasteiger partial charge in [-0.15, -0.1) is 0 Å². The van der Waals surface area contributed by atoms with Gasteiger partial charge in [-0.05, 0) is 42.6 Å². The van der Waals surface area contributed by atoms with E-state index in [1.165, 1.54) is 0 Å². The third kappa shape index (κ3) is 11.8. The minimum atomic E-state index is -0.858. The summed E-state index contributed by atoms with van der Waals surface area (Å²) in [4.78, 5) is 49.7. The van der Waals surface area contributed by atoms with Gasteiger partial charge >= 0.3 is 6.09 Å². The molecule has 0 aliphatic heterocycles. The van der Waals surface area contributed by atoms with Crippen LogP contribution >= 0.6 is 0 Å². The zero-order chi connectivity index (χ0) is 25.7. The minimum absolute atomic E-state index is 0.0873. The van der Waals surface area contributed by atoms with E-state index < -0.39 is 36.0 Å². The molecule has 0 aliphatic rings. The molecule has 0 spiro atoms. The molecule has 3 amide bonds. The minimum Gasteiger partial charge on any atom is -0.445 e. The molecule has 0 bridgehead atoms. The number of amides is 3. The summed E-state index contributed by atoms with van der Waals surface area (Å²) in [6.45, 7) is 11.8. The highest BCUT2D eigenvalue weighted by molar-refractivity contribution is 5.92. The number of hydrogen-bond donors (Lipinski definition) is 3. The lowest BCUT2D eigenvalue weighted by atomic mass is 9.99. The molecule has 1 rings (SSSR count). The van der Waals surface area contributed by atoms with E-state index in [1.807, 2.05) is 71.9 Å². The second-order valence-corrected chi connectivity index (χ2v) is 9.96. The third-order valence-electron chi connectivity index (χ3n) is 5.09. The number of hydrogen-bond acceptors (Lipinski definition) is 5. The summed E-state index contributed by atoms with van der Waals surface area (Å²) in [5.41, 5.74) is 0.835. The number of benzene rings is 1. The molecule has 1 aromatic rings. The molecule has 0 fully saturated rings. The topological polar surface area (TPSA) is 114 Å². The van der Waals surface area contributed by atoms with Gasteiger partial charge in [0.1, 0.15) is 25.0 Å². The molecular formula is C26H41N3O5. The summed E-state index contributed by atoms with van der Waals surface area (Å²) in [7, 11) is 0. The Kier molecular flexibility index (Phi) is 12.9. The first-order chi connectivity index (χ1) is 16.0. The SMILES string of the molecule is CC(C)CC(NC(=O)OCc1ccccc1)C(=O)N[C@H](CC(C)C)C(=O)N[C@H](C=O)CC(C)C. The maximum atomic E-state index is 13.1. The molecule has 0 saturated heterocycles. The van der Waals surface area contributed by atoms with Crippen molar-refractivity contribution >= 4 is 24.2 Å². The van der Waals surface area contributed by atoms with Crippen LogP contribution in [0.5, 0.6) is 0 Å². The van der Waals surface area contributed by atoms with E-state index in [9.17, 15) is 19.2 Å². The average molecular weight is 476 g/mol. The lowest BCUT2D eigenvalue weighted by Gasteiger charge is -2.26. The molecular weight excluding hydrogens is 434 g/mol. The predicted octanol–water partition coefficient (Wildman–Crippen LogP) is 3.59. The monoisotopic (exact) mass is 475 g/mol. The summed E-state index contributed by atoms with van der Waals surface area (Å²) >= 11 is 0. The Bertz CT molecular complexity index is 780. The van der Waals surface area contributed by atoms with Gasteiger partial charge in [-0.3, -0.25) is 9.59 Å².